The molecular weight excluding hydrogens is 268 g/mol. The van der Waals surface area contributed by atoms with E-state index in [9.17, 15) is 0 Å². The zero-order valence-corrected chi connectivity index (χ0v) is 10.4. The number of rotatable bonds is 2. The van der Waals surface area contributed by atoms with Gasteiger partial charge in [0.05, 0.1) is 10.2 Å². The fraction of sp³-hybridized carbons (Fsp3) is 0.0833. The molecule has 16 heavy (non-hydrogen) atoms. The summed E-state index contributed by atoms with van der Waals surface area (Å²) in [6, 6.07) is 9.24. The van der Waals surface area contributed by atoms with Gasteiger partial charge in [-0.2, -0.15) is 0 Å². The molecule has 4 heteroatoms. The van der Waals surface area contributed by atoms with E-state index in [1.54, 1.807) is 12.3 Å². The predicted octanol–water partition coefficient (Wildman–Crippen LogP) is 3.53. The van der Waals surface area contributed by atoms with Crippen LogP contribution in [0.5, 0.6) is 11.6 Å². The van der Waals surface area contributed by atoms with Crippen LogP contribution < -0.4 is 10.5 Å². The van der Waals surface area contributed by atoms with Gasteiger partial charge in [0.2, 0.25) is 5.88 Å². The average Bonchev–Trinajstić information content (AvgIpc) is 2.28. The Kier molecular flexibility index (Phi) is 3.10. The Morgan fingerprint density at radius 2 is 2.00 bits per heavy atom. The Labute approximate surface area is 102 Å². The normalized spacial score (nSPS) is 10.1. The fourth-order valence-corrected chi connectivity index (χ4v) is 1.58. The lowest BCUT2D eigenvalue weighted by Crippen LogP contribution is -1.94. The third-order valence-electron chi connectivity index (χ3n) is 2.18. The highest BCUT2D eigenvalue weighted by Crippen LogP contribution is 2.32. The molecule has 0 fully saturated rings. The number of nitrogens with two attached hydrogens (primary N) is 1. The number of aryl methyl sites for hydroxylation is 1. The summed E-state index contributed by atoms with van der Waals surface area (Å²) >= 11 is 3.43. The van der Waals surface area contributed by atoms with Gasteiger partial charge in [-0.05, 0) is 46.6 Å². The van der Waals surface area contributed by atoms with Crippen LogP contribution in [0.2, 0.25) is 0 Å². The Balaban J connectivity index is 2.35. The topological polar surface area (TPSA) is 48.1 Å². The van der Waals surface area contributed by atoms with Crippen molar-refractivity contribution in [3.8, 4) is 11.6 Å². The molecule has 2 N–H and O–H groups in total. The SMILES string of the molecule is Cc1ccnc(Oc2ccccc2N)c1Br. The molecule has 0 amide bonds. The van der Waals surface area contributed by atoms with E-state index in [4.69, 9.17) is 10.5 Å². The van der Waals surface area contributed by atoms with Crippen molar-refractivity contribution in [2.75, 3.05) is 5.73 Å². The number of halogens is 1. The number of hydrogen-bond donors (Lipinski definition) is 1. The molecule has 0 radical (unpaired) electrons. The number of ether oxygens (including phenoxy) is 1. The molecule has 1 heterocycles. The Morgan fingerprint density at radius 3 is 2.75 bits per heavy atom. The second kappa shape index (κ2) is 4.53. The number of pyridine rings is 1. The molecule has 0 aliphatic carbocycles. The van der Waals surface area contributed by atoms with Crippen LogP contribution in [-0.2, 0) is 0 Å². The maximum Gasteiger partial charge on any atom is 0.233 e. The lowest BCUT2D eigenvalue weighted by Gasteiger charge is -2.09. The van der Waals surface area contributed by atoms with Crippen molar-refractivity contribution >= 4 is 21.6 Å². The Morgan fingerprint density at radius 1 is 1.25 bits per heavy atom. The van der Waals surface area contributed by atoms with Crippen molar-refractivity contribution in [1.82, 2.24) is 4.98 Å². The molecule has 0 aliphatic rings. The van der Waals surface area contributed by atoms with Gasteiger partial charge < -0.3 is 10.5 Å². The van der Waals surface area contributed by atoms with E-state index in [-0.39, 0.29) is 0 Å². The second-order valence-corrected chi connectivity index (χ2v) is 4.18. The second-order valence-electron chi connectivity index (χ2n) is 3.39. The van der Waals surface area contributed by atoms with Crippen LogP contribution in [0, 0.1) is 6.92 Å². The zero-order chi connectivity index (χ0) is 11.5. The molecular formula is C12H11BrN2O. The van der Waals surface area contributed by atoms with Crippen LogP contribution in [0.15, 0.2) is 41.0 Å². The summed E-state index contributed by atoms with van der Waals surface area (Å²) < 4.78 is 6.48. The number of nitrogen functional groups attached to an aromatic ring is 1. The van der Waals surface area contributed by atoms with E-state index in [1.165, 1.54) is 0 Å². The predicted molar refractivity (Wildman–Crippen MR) is 67.6 cm³/mol. The highest BCUT2D eigenvalue weighted by Gasteiger charge is 2.07. The molecule has 0 spiro atoms. The lowest BCUT2D eigenvalue weighted by molar-refractivity contribution is 0.461. The van der Waals surface area contributed by atoms with Gasteiger partial charge in [0, 0.05) is 6.20 Å². The van der Waals surface area contributed by atoms with Crippen LogP contribution in [0.4, 0.5) is 5.69 Å². The summed E-state index contributed by atoms with van der Waals surface area (Å²) in [7, 11) is 0. The number of anilines is 1. The molecule has 82 valence electrons. The van der Waals surface area contributed by atoms with Gasteiger partial charge in [0.15, 0.2) is 5.75 Å². The van der Waals surface area contributed by atoms with E-state index in [0.29, 0.717) is 17.3 Å². The minimum atomic E-state index is 0.526. The van der Waals surface area contributed by atoms with Crippen molar-refractivity contribution in [3.05, 3.63) is 46.6 Å². The van der Waals surface area contributed by atoms with Crippen LogP contribution in [0.3, 0.4) is 0 Å². The Bertz CT molecular complexity index is 514. The molecule has 2 aromatic rings. The molecule has 0 saturated heterocycles. The van der Waals surface area contributed by atoms with Crippen LogP contribution in [0.25, 0.3) is 0 Å². The van der Waals surface area contributed by atoms with Crippen molar-refractivity contribution in [2.45, 2.75) is 6.92 Å². The molecule has 1 aromatic carbocycles. The molecule has 2 rings (SSSR count). The minimum absolute atomic E-state index is 0.526. The van der Waals surface area contributed by atoms with Gasteiger partial charge >= 0.3 is 0 Å². The minimum Gasteiger partial charge on any atom is -0.436 e. The van der Waals surface area contributed by atoms with E-state index >= 15 is 0 Å². The maximum atomic E-state index is 5.79. The summed E-state index contributed by atoms with van der Waals surface area (Å²) in [5.74, 6) is 1.14. The first kappa shape index (κ1) is 11.0. The molecule has 0 bridgehead atoms. The molecule has 3 nitrogen and oxygen atoms in total. The third kappa shape index (κ3) is 2.17. The number of para-hydroxylation sites is 2. The largest absolute Gasteiger partial charge is 0.436 e. The molecule has 0 saturated carbocycles. The van der Waals surface area contributed by atoms with E-state index in [1.807, 2.05) is 31.2 Å². The van der Waals surface area contributed by atoms with E-state index < -0.39 is 0 Å². The van der Waals surface area contributed by atoms with Crippen LogP contribution in [0.1, 0.15) is 5.56 Å². The fourth-order valence-electron chi connectivity index (χ4n) is 1.26. The van der Waals surface area contributed by atoms with Gasteiger partial charge in [0.1, 0.15) is 0 Å². The lowest BCUT2D eigenvalue weighted by atomic mass is 10.3. The summed E-state index contributed by atoms with van der Waals surface area (Å²) in [4.78, 5) is 4.15. The Hall–Kier alpha value is -1.55. The number of hydrogen-bond acceptors (Lipinski definition) is 3. The summed E-state index contributed by atoms with van der Waals surface area (Å²) in [6.07, 6.45) is 1.70. The number of nitrogens with zero attached hydrogens (tertiary/aromatic N) is 1. The van der Waals surface area contributed by atoms with Crippen molar-refractivity contribution in [1.29, 1.82) is 0 Å². The zero-order valence-electron chi connectivity index (χ0n) is 8.77. The smallest absolute Gasteiger partial charge is 0.233 e. The quantitative estimate of drug-likeness (QED) is 0.855. The van der Waals surface area contributed by atoms with Crippen molar-refractivity contribution in [3.63, 3.8) is 0 Å². The van der Waals surface area contributed by atoms with E-state index in [2.05, 4.69) is 20.9 Å². The maximum absolute atomic E-state index is 5.79. The molecule has 0 atom stereocenters. The molecule has 0 unspecified atom stereocenters. The van der Waals surface area contributed by atoms with Gasteiger partial charge in [-0.1, -0.05) is 12.1 Å². The monoisotopic (exact) mass is 278 g/mol. The van der Waals surface area contributed by atoms with Crippen LogP contribution >= 0.6 is 15.9 Å². The van der Waals surface area contributed by atoms with Gasteiger partial charge in [-0.3, -0.25) is 0 Å². The highest BCUT2D eigenvalue weighted by molar-refractivity contribution is 9.10. The first-order valence-electron chi connectivity index (χ1n) is 4.82. The number of aromatic nitrogens is 1. The molecule has 0 aliphatic heterocycles. The van der Waals surface area contributed by atoms with Gasteiger partial charge in [-0.15, -0.1) is 0 Å². The average molecular weight is 279 g/mol. The highest BCUT2D eigenvalue weighted by atomic mass is 79.9. The van der Waals surface area contributed by atoms with Gasteiger partial charge in [0.25, 0.3) is 0 Å². The standard InChI is InChI=1S/C12H11BrN2O/c1-8-6-7-15-12(11(8)13)16-10-5-3-2-4-9(10)14/h2-7H,14H2,1H3. The first-order valence-corrected chi connectivity index (χ1v) is 5.61. The number of benzene rings is 1. The van der Waals surface area contributed by atoms with Crippen molar-refractivity contribution in [2.24, 2.45) is 0 Å². The third-order valence-corrected chi connectivity index (χ3v) is 3.14. The van der Waals surface area contributed by atoms with E-state index in [0.717, 1.165) is 10.0 Å². The van der Waals surface area contributed by atoms with Crippen LogP contribution in [-0.4, -0.2) is 4.98 Å². The summed E-state index contributed by atoms with van der Waals surface area (Å²) in [5.41, 5.74) is 7.45. The summed E-state index contributed by atoms with van der Waals surface area (Å²) in [6.45, 7) is 1.98. The summed E-state index contributed by atoms with van der Waals surface area (Å²) in [5, 5.41) is 0. The van der Waals surface area contributed by atoms with Crippen molar-refractivity contribution < 1.29 is 4.74 Å². The molecule has 1 aromatic heterocycles. The van der Waals surface area contributed by atoms with Gasteiger partial charge in [-0.25, -0.2) is 4.98 Å². The first-order chi connectivity index (χ1) is 7.68.